The summed E-state index contributed by atoms with van der Waals surface area (Å²) < 4.78 is 0. The molecule has 2 nitrogen and oxygen atoms in total. The van der Waals surface area contributed by atoms with Gasteiger partial charge in [0.15, 0.2) is 0 Å². The highest BCUT2D eigenvalue weighted by Gasteiger charge is 2.15. The number of aliphatic hydroxyl groups is 1. The van der Waals surface area contributed by atoms with Gasteiger partial charge in [0, 0.05) is 0 Å². The van der Waals surface area contributed by atoms with E-state index in [1.165, 1.54) is 18.4 Å². The predicted octanol–water partition coefficient (Wildman–Crippen LogP) is 2.21. The molecule has 15 heavy (non-hydrogen) atoms. The van der Waals surface area contributed by atoms with Gasteiger partial charge in [-0.15, -0.1) is 0 Å². The van der Waals surface area contributed by atoms with Gasteiger partial charge in [-0.2, -0.15) is 0 Å². The molecule has 1 aromatic rings. The fraction of sp³-hybridized carbons (Fsp3) is 0.538. The van der Waals surface area contributed by atoms with Crippen LogP contribution in [0.1, 0.15) is 42.9 Å². The minimum Gasteiger partial charge on any atom is -0.389 e. The van der Waals surface area contributed by atoms with E-state index in [0.717, 1.165) is 18.7 Å². The van der Waals surface area contributed by atoms with Crippen LogP contribution in [0.2, 0.25) is 0 Å². The molecule has 1 aliphatic rings. The second-order valence-electron chi connectivity index (χ2n) is 4.37. The standard InChI is InChI=1S/C13H19NO/c1-10(15)12-3-2-4-13(9-12)11-5-7-14-8-6-11/h2-4,9-11,14-15H,5-8H2,1H3/t10-/m0/s1. The molecule has 2 rings (SSSR count). The Labute approximate surface area is 91.3 Å². The van der Waals surface area contributed by atoms with Crippen LogP contribution < -0.4 is 5.32 Å². The quantitative estimate of drug-likeness (QED) is 0.776. The first-order valence-electron chi connectivity index (χ1n) is 5.76. The van der Waals surface area contributed by atoms with Crippen LogP contribution >= 0.6 is 0 Å². The van der Waals surface area contributed by atoms with E-state index in [1.54, 1.807) is 0 Å². The van der Waals surface area contributed by atoms with Gasteiger partial charge in [0.2, 0.25) is 0 Å². The smallest absolute Gasteiger partial charge is 0.0762 e. The van der Waals surface area contributed by atoms with Crippen LogP contribution in [-0.2, 0) is 0 Å². The normalized spacial score (nSPS) is 20.1. The number of hydrogen-bond acceptors (Lipinski definition) is 2. The zero-order valence-electron chi connectivity index (χ0n) is 9.24. The monoisotopic (exact) mass is 205 g/mol. The highest BCUT2D eigenvalue weighted by atomic mass is 16.3. The molecule has 0 aromatic heterocycles. The SMILES string of the molecule is C[C@H](O)c1cccc(C2CCNCC2)c1. The van der Waals surface area contributed by atoms with Gasteiger partial charge in [-0.1, -0.05) is 24.3 Å². The average molecular weight is 205 g/mol. The largest absolute Gasteiger partial charge is 0.389 e. The Balaban J connectivity index is 2.16. The molecule has 0 radical (unpaired) electrons. The molecule has 0 saturated carbocycles. The lowest BCUT2D eigenvalue weighted by molar-refractivity contribution is 0.199. The van der Waals surface area contributed by atoms with E-state index in [0.29, 0.717) is 5.92 Å². The molecule has 0 bridgehead atoms. The maximum atomic E-state index is 9.53. The molecule has 82 valence electrons. The van der Waals surface area contributed by atoms with Crippen molar-refractivity contribution in [1.29, 1.82) is 0 Å². The second-order valence-corrected chi connectivity index (χ2v) is 4.37. The number of rotatable bonds is 2. The van der Waals surface area contributed by atoms with Gasteiger partial charge in [-0.25, -0.2) is 0 Å². The van der Waals surface area contributed by atoms with Crippen molar-refractivity contribution in [3.63, 3.8) is 0 Å². The molecule has 1 saturated heterocycles. The minimum atomic E-state index is -0.355. The third kappa shape index (κ3) is 2.58. The number of aliphatic hydroxyl groups excluding tert-OH is 1. The lowest BCUT2D eigenvalue weighted by atomic mass is 9.89. The van der Waals surface area contributed by atoms with E-state index in [2.05, 4.69) is 23.5 Å². The fourth-order valence-corrected chi connectivity index (χ4v) is 2.23. The van der Waals surface area contributed by atoms with E-state index in [9.17, 15) is 5.11 Å². The molecule has 2 heteroatoms. The Bertz CT molecular complexity index is 316. The topological polar surface area (TPSA) is 32.3 Å². The summed E-state index contributed by atoms with van der Waals surface area (Å²) in [5.41, 5.74) is 2.42. The van der Waals surface area contributed by atoms with Crippen LogP contribution in [0.4, 0.5) is 0 Å². The van der Waals surface area contributed by atoms with Gasteiger partial charge in [0.05, 0.1) is 6.10 Å². The summed E-state index contributed by atoms with van der Waals surface area (Å²) in [5, 5.41) is 12.9. The Kier molecular flexibility index (Phi) is 3.39. The van der Waals surface area contributed by atoms with E-state index >= 15 is 0 Å². The van der Waals surface area contributed by atoms with Crippen LogP contribution in [0.5, 0.6) is 0 Å². The first-order chi connectivity index (χ1) is 7.27. The van der Waals surface area contributed by atoms with Crippen molar-refractivity contribution in [1.82, 2.24) is 5.32 Å². The van der Waals surface area contributed by atoms with Gasteiger partial charge in [-0.3, -0.25) is 0 Å². The van der Waals surface area contributed by atoms with Crippen molar-refractivity contribution >= 4 is 0 Å². The lowest BCUT2D eigenvalue weighted by Gasteiger charge is -2.23. The summed E-state index contributed by atoms with van der Waals surface area (Å²) in [7, 11) is 0. The Morgan fingerprint density at radius 2 is 2.07 bits per heavy atom. The molecule has 0 amide bonds. The number of piperidine rings is 1. The summed E-state index contributed by atoms with van der Waals surface area (Å²) in [6.45, 7) is 4.05. The number of benzene rings is 1. The Hall–Kier alpha value is -0.860. The van der Waals surface area contributed by atoms with Crippen LogP contribution in [0.3, 0.4) is 0 Å². The van der Waals surface area contributed by atoms with E-state index in [1.807, 2.05) is 13.0 Å². The van der Waals surface area contributed by atoms with Crippen LogP contribution in [0, 0.1) is 0 Å². The molecular weight excluding hydrogens is 186 g/mol. The summed E-state index contributed by atoms with van der Waals surface area (Å²) in [6.07, 6.45) is 2.07. The molecule has 1 aromatic carbocycles. The van der Waals surface area contributed by atoms with Crippen molar-refractivity contribution < 1.29 is 5.11 Å². The average Bonchev–Trinajstić information content (AvgIpc) is 2.30. The molecule has 0 aliphatic carbocycles. The Morgan fingerprint density at radius 3 is 2.73 bits per heavy atom. The van der Waals surface area contributed by atoms with Gasteiger partial charge < -0.3 is 10.4 Å². The first kappa shape index (κ1) is 10.7. The van der Waals surface area contributed by atoms with Crippen molar-refractivity contribution in [2.75, 3.05) is 13.1 Å². The van der Waals surface area contributed by atoms with Gasteiger partial charge in [0.1, 0.15) is 0 Å². The summed E-state index contributed by atoms with van der Waals surface area (Å²) >= 11 is 0. The third-order valence-corrected chi connectivity index (χ3v) is 3.20. The first-order valence-corrected chi connectivity index (χ1v) is 5.76. The maximum Gasteiger partial charge on any atom is 0.0762 e. The highest BCUT2D eigenvalue weighted by Crippen LogP contribution is 2.27. The van der Waals surface area contributed by atoms with Crippen molar-refractivity contribution in [2.24, 2.45) is 0 Å². The van der Waals surface area contributed by atoms with Crippen LogP contribution in [-0.4, -0.2) is 18.2 Å². The van der Waals surface area contributed by atoms with Gasteiger partial charge in [0.25, 0.3) is 0 Å². The fourth-order valence-electron chi connectivity index (χ4n) is 2.23. The third-order valence-electron chi connectivity index (χ3n) is 3.20. The highest BCUT2D eigenvalue weighted by molar-refractivity contribution is 5.28. The predicted molar refractivity (Wildman–Crippen MR) is 61.9 cm³/mol. The summed E-state index contributed by atoms with van der Waals surface area (Å²) in [6, 6.07) is 8.39. The van der Waals surface area contributed by atoms with Crippen LogP contribution in [0.25, 0.3) is 0 Å². The molecule has 0 unspecified atom stereocenters. The second kappa shape index (κ2) is 4.77. The van der Waals surface area contributed by atoms with Gasteiger partial charge in [-0.05, 0) is 49.9 Å². The summed E-state index contributed by atoms with van der Waals surface area (Å²) in [5.74, 6) is 0.671. The van der Waals surface area contributed by atoms with Crippen molar-refractivity contribution in [3.8, 4) is 0 Å². The van der Waals surface area contributed by atoms with Gasteiger partial charge >= 0.3 is 0 Å². The molecule has 1 aliphatic heterocycles. The Morgan fingerprint density at radius 1 is 1.33 bits per heavy atom. The zero-order valence-corrected chi connectivity index (χ0v) is 9.24. The molecule has 0 spiro atoms. The van der Waals surface area contributed by atoms with Crippen molar-refractivity contribution in [3.05, 3.63) is 35.4 Å². The van der Waals surface area contributed by atoms with E-state index in [-0.39, 0.29) is 6.10 Å². The van der Waals surface area contributed by atoms with E-state index < -0.39 is 0 Å². The number of nitrogens with one attached hydrogen (secondary N) is 1. The minimum absolute atomic E-state index is 0.355. The summed E-state index contributed by atoms with van der Waals surface area (Å²) in [4.78, 5) is 0. The molecule has 1 heterocycles. The lowest BCUT2D eigenvalue weighted by Crippen LogP contribution is -2.26. The van der Waals surface area contributed by atoms with Crippen molar-refractivity contribution in [2.45, 2.75) is 31.8 Å². The molecule has 1 atom stereocenters. The van der Waals surface area contributed by atoms with Crippen LogP contribution in [0.15, 0.2) is 24.3 Å². The maximum absolute atomic E-state index is 9.53. The molecule has 1 fully saturated rings. The zero-order chi connectivity index (χ0) is 10.7. The molecule has 2 N–H and O–H groups in total. The van der Waals surface area contributed by atoms with E-state index in [4.69, 9.17) is 0 Å². The number of hydrogen-bond donors (Lipinski definition) is 2. The molecular formula is C13H19NO.